The molecule has 0 atom stereocenters. The minimum absolute atomic E-state index is 0.00190. The number of rotatable bonds is 3. The number of anilines is 1. The van der Waals surface area contributed by atoms with Gasteiger partial charge in [-0.1, -0.05) is 0 Å². The molecule has 1 aliphatic rings. The summed E-state index contributed by atoms with van der Waals surface area (Å²) in [4.78, 5) is 21.0. The number of carbonyl (C=O) groups excluding carboxylic acids is 1. The van der Waals surface area contributed by atoms with E-state index in [0.717, 1.165) is 37.4 Å². The summed E-state index contributed by atoms with van der Waals surface area (Å²) in [7, 11) is 3.65. The molecule has 2 aromatic heterocycles. The van der Waals surface area contributed by atoms with Gasteiger partial charge in [0.15, 0.2) is 0 Å². The number of pyridine rings is 1. The van der Waals surface area contributed by atoms with Crippen molar-refractivity contribution in [2.24, 2.45) is 7.05 Å². The van der Waals surface area contributed by atoms with Gasteiger partial charge in [0.25, 0.3) is 5.91 Å². The van der Waals surface area contributed by atoms with Crippen molar-refractivity contribution in [3.8, 4) is 6.07 Å². The summed E-state index contributed by atoms with van der Waals surface area (Å²) >= 11 is 0. The molecule has 2 aromatic rings. The van der Waals surface area contributed by atoms with Crippen LogP contribution >= 0.6 is 0 Å². The van der Waals surface area contributed by atoms with E-state index < -0.39 is 0 Å². The van der Waals surface area contributed by atoms with Crippen LogP contribution in [0, 0.1) is 18.3 Å². The summed E-state index contributed by atoms with van der Waals surface area (Å²) in [5, 5.41) is 13.4. The van der Waals surface area contributed by atoms with Crippen molar-refractivity contribution >= 4 is 11.7 Å². The quantitative estimate of drug-likeness (QED) is 0.852. The van der Waals surface area contributed by atoms with Gasteiger partial charge in [-0.25, -0.2) is 4.98 Å². The van der Waals surface area contributed by atoms with Crippen molar-refractivity contribution in [2.75, 3.05) is 25.0 Å². The Balaban J connectivity index is 1.67. The Labute approximate surface area is 147 Å². The van der Waals surface area contributed by atoms with Crippen molar-refractivity contribution < 1.29 is 4.79 Å². The Hall–Kier alpha value is -2.88. The Bertz CT molecular complexity index is 813. The van der Waals surface area contributed by atoms with E-state index >= 15 is 0 Å². The van der Waals surface area contributed by atoms with Crippen LogP contribution in [0.5, 0.6) is 0 Å². The fourth-order valence-corrected chi connectivity index (χ4v) is 3.24. The number of amides is 1. The first-order chi connectivity index (χ1) is 12.0. The lowest BCUT2D eigenvalue weighted by molar-refractivity contribution is 0.0709. The second-order valence-corrected chi connectivity index (χ2v) is 6.47. The van der Waals surface area contributed by atoms with Gasteiger partial charge in [-0.15, -0.1) is 0 Å². The average molecular weight is 338 g/mol. The zero-order valence-corrected chi connectivity index (χ0v) is 14.8. The normalized spacial score (nSPS) is 15.0. The molecule has 7 nitrogen and oxygen atoms in total. The molecule has 0 bridgehead atoms. The molecular formula is C18H22N6O. The van der Waals surface area contributed by atoms with Crippen molar-refractivity contribution in [2.45, 2.75) is 25.8 Å². The predicted molar refractivity (Wildman–Crippen MR) is 94.2 cm³/mol. The molecule has 3 heterocycles. The first kappa shape index (κ1) is 17.0. The number of aromatic nitrogens is 3. The maximum Gasteiger partial charge on any atom is 0.257 e. The van der Waals surface area contributed by atoms with Crippen LogP contribution in [0.25, 0.3) is 0 Å². The number of nitriles is 1. The van der Waals surface area contributed by atoms with Crippen molar-refractivity contribution in [1.82, 2.24) is 19.7 Å². The summed E-state index contributed by atoms with van der Waals surface area (Å²) in [5.74, 6) is 0.750. The molecule has 0 aromatic carbocycles. The number of nitrogens with zero attached hydrogens (tertiary/aromatic N) is 6. The van der Waals surface area contributed by atoms with E-state index in [-0.39, 0.29) is 11.9 Å². The van der Waals surface area contributed by atoms with Crippen molar-refractivity contribution in [1.29, 1.82) is 5.26 Å². The topological polar surface area (TPSA) is 78.0 Å². The lowest BCUT2D eigenvalue weighted by Crippen LogP contribution is -2.46. The van der Waals surface area contributed by atoms with Gasteiger partial charge in [-0.05, 0) is 31.9 Å². The van der Waals surface area contributed by atoms with Crippen LogP contribution in [0.3, 0.4) is 0 Å². The Kier molecular flexibility index (Phi) is 4.70. The molecule has 7 heteroatoms. The van der Waals surface area contributed by atoms with Crippen LogP contribution in [-0.2, 0) is 7.05 Å². The minimum Gasteiger partial charge on any atom is -0.355 e. The first-order valence-electron chi connectivity index (χ1n) is 8.38. The van der Waals surface area contributed by atoms with Crippen LogP contribution in [0.1, 0.15) is 34.5 Å². The van der Waals surface area contributed by atoms with Gasteiger partial charge >= 0.3 is 0 Å². The molecule has 3 rings (SSSR count). The van der Waals surface area contributed by atoms with Gasteiger partial charge < -0.3 is 9.80 Å². The number of aryl methyl sites for hydroxylation is 2. The van der Waals surface area contributed by atoms with Crippen LogP contribution in [0.2, 0.25) is 0 Å². The Morgan fingerprint density at radius 2 is 2.08 bits per heavy atom. The van der Waals surface area contributed by atoms with E-state index in [1.54, 1.807) is 24.1 Å². The highest BCUT2D eigenvalue weighted by atomic mass is 16.2. The molecule has 130 valence electrons. The Morgan fingerprint density at radius 1 is 1.36 bits per heavy atom. The average Bonchev–Trinajstić information content (AvgIpc) is 3.07. The van der Waals surface area contributed by atoms with Gasteiger partial charge in [0.2, 0.25) is 0 Å². The lowest BCUT2D eigenvalue weighted by Gasteiger charge is -2.37. The molecule has 0 spiro atoms. The molecule has 1 aliphatic heterocycles. The third-order valence-electron chi connectivity index (χ3n) is 4.72. The fourth-order valence-electron chi connectivity index (χ4n) is 3.24. The van der Waals surface area contributed by atoms with Crippen LogP contribution < -0.4 is 4.90 Å². The standard InChI is InChI=1S/C18H22N6O/c1-13-4-5-14(10-19)17(21-13)24-8-6-16(7-9-24)23(3)18(25)15-11-20-22(2)12-15/h4-5,11-12,16H,6-9H2,1-3H3. The molecule has 0 saturated carbocycles. The molecule has 25 heavy (non-hydrogen) atoms. The smallest absolute Gasteiger partial charge is 0.257 e. The molecule has 0 N–H and O–H groups in total. The van der Waals surface area contributed by atoms with Gasteiger partial charge in [0.1, 0.15) is 11.9 Å². The summed E-state index contributed by atoms with van der Waals surface area (Å²) in [6.07, 6.45) is 5.04. The van der Waals surface area contributed by atoms with Gasteiger partial charge in [-0.3, -0.25) is 9.48 Å². The largest absolute Gasteiger partial charge is 0.355 e. The summed E-state index contributed by atoms with van der Waals surface area (Å²) in [6.45, 7) is 3.48. The fraction of sp³-hybridized carbons (Fsp3) is 0.444. The highest BCUT2D eigenvalue weighted by Gasteiger charge is 2.28. The van der Waals surface area contributed by atoms with Crippen molar-refractivity contribution in [3.05, 3.63) is 41.3 Å². The molecule has 1 saturated heterocycles. The Morgan fingerprint density at radius 3 is 2.68 bits per heavy atom. The molecule has 0 unspecified atom stereocenters. The second kappa shape index (κ2) is 6.93. The zero-order chi connectivity index (χ0) is 18.0. The van der Waals surface area contributed by atoms with Gasteiger partial charge in [-0.2, -0.15) is 10.4 Å². The maximum atomic E-state index is 12.6. The van der Waals surface area contributed by atoms with E-state index in [9.17, 15) is 10.1 Å². The molecule has 1 fully saturated rings. The summed E-state index contributed by atoms with van der Waals surface area (Å²) < 4.78 is 1.64. The summed E-state index contributed by atoms with van der Waals surface area (Å²) in [5.41, 5.74) is 2.11. The lowest BCUT2D eigenvalue weighted by atomic mass is 10.0. The second-order valence-electron chi connectivity index (χ2n) is 6.47. The van der Waals surface area contributed by atoms with E-state index in [4.69, 9.17) is 0 Å². The van der Waals surface area contributed by atoms with Crippen LogP contribution in [-0.4, -0.2) is 51.8 Å². The SMILES string of the molecule is Cc1ccc(C#N)c(N2CCC(N(C)C(=O)c3cnn(C)c3)CC2)n1. The number of piperidine rings is 1. The van der Waals surface area contributed by atoms with Crippen LogP contribution in [0.15, 0.2) is 24.5 Å². The first-order valence-corrected chi connectivity index (χ1v) is 8.38. The highest BCUT2D eigenvalue weighted by Crippen LogP contribution is 2.24. The molecule has 0 radical (unpaired) electrons. The monoisotopic (exact) mass is 338 g/mol. The van der Waals surface area contributed by atoms with Crippen molar-refractivity contribution in [3.63, 3.8) is 0 Å². The minimum atomic E-state index is -0.00190. The highest BCUT2D eigenvalue weighted by molar-refractivity contribution is 5.93. The van der Waals surface area contributed by atoms with E-state index in [2.05, 4.69) is 21.1 Å². The van der Waals surface area contributed by atoms with E-state index in [0.29, 0.717) is 11.1 Å². The maximum absolute atomic E-state index is 12.6. The third-order valence-corrected chi connectivity index (χ3v) is 4.72. The third kappa shape index (κ3) is 3.48. The number of hydrogen-bond acceptors (Lipinski definition) is 5. The van der Waals surface area contributed by atoms with Gasteiger partial charge in [0, 0.05) is 45.1 Å². The molecular weight excluding hydrogens is 316 g/mol. The molecule has 1 amide bonds. The predicted octanol–water partition coefficient (Wildman–Crippen LogP) is 1.74. The number of hydrogen-bond donors (Lipinski definition) is 0. The van der Waals surface area contributed by atoms with Crippen LogP contribution in [0.4, 0.5) is 5.82 Å². The van der Waals surface area contributed by atoms with Gasteiger partial charge in [0.05, 0.1) is 17.3 Å². The van der Waals surface area contributed by atoms with E-state index in [1.165, 1.54) is 0 Å². The number of carbonyl (C=O) groups is 1. The van der Waals surface area contributed by atoms with E-state index in [1.807, 2.05) is 31.0 Å². The molecule has 0 aliphatic carbocycles. The zero-order valence-electron chi connectivity index (χ0n) is 14.8. The summed E-state index contributed by atoms with van der Waals surface area (Å²) in [6, 6.07) is 6.08.